The average molecular weight is 335 g/mol. The molecule has 1 fully saturated rings. The molecule has 20 heavy (non-hydrogen) atoms. The Hall–Kier alpha value is -0.270. The van der Waals surface area contributed by atoms with Crippen molar-refractivity contribution in [2.75, 3.05) is 18.6 Å². The molecule has 0 unspecified atom stereocenters. The Morgan fingerprint density at radius 2 is 2.05 bits per heavy atom. The van der Waals surface area contributed by atoms with E-state index in [1.165, 1.54) is 0 Å². The van der Waals surface area contributed by atoms with Gasteiger partial charge in [-0.2, -0.15) is 11.8 Å². The van der Waals surface area contributed by atoms with Gasteiger partial charge in [-0.3, -0.25) is 0 Å². The Morgan fingerprint density at radius 3 is 2.70 bits per heavy atom. The predicted octanol–water partition coefficient (Wildman–Crippen LogP) is 2.23. The molecule has 0 bridgehead atoms. The van der Waals surface area contributed by atoms with Crippen molar-refractivity contribution in [2.45, 2.75) is 30.3 Å². The van der Waals surface area contributed by atoms with E-state index in [9.17, 15) is 8.42 Å². The summed E-state index contributed by atoms with van der Waals surface area (Å²) in [4.78, 5) is 0.171. The fourth-order valence-electron chi connectivity index (χ4n) is 2.17. The van der Waals surface area contributed by atoms with Crippen LogP contribution in [0.5, 0.6) is 0 Å². The van der Waals surface area contributed by atoms with Crippen LogP contribution in [-0.4, -0.2) is 33.0 Å². The fourth-order valence-corrected chi connectivity index (χ4v) is 5.13. The molecule has 0 aromatic heterocycles. The Balaban J connectivity index is 2.21. The minimum Gasteiger partial charge on any atom is -0.316 e. The Bertz CT molecular complexity index is 557. The third-order valence-electron chi connectivity index (χ3n) is 3.21. The maximum absolute atomic E-state index is 12.5. The van der Waals surface area contributed by atoms with Crippen molar-refractivity contribution in [3.8, 4) is 0 Å². The third-order valence-corrected chi connectivity index (χ3v) is 6.26. The summed E-state index contributed by atoms with van der Waals surface area (Å²) in [5.41, 5.74) is 0.900. The van der Waals surface area contributed by atoms with Crippen molar-refractivity contribution < 1.29 is 8.42 Å². The summed E-state index contributed by atoms with van der Waals surface area (Å²) in [5, 5.41) is 3.27. The third kappa shape index (κ3) is 4.11. The predicted molar refractivity (Wildman–Crippen MR) is 84.9 cm³/mol. The van der Waals surface area contributed by atoms with Crippen molar-refractivity contribution in [1.82, 2.24) is 10.0 Å². The van der Waals surface area contributed by atoms with Gasteiger partial charge in [0.2, 0.25) is 10.0 Å². The molecular weight excluding hydrogens is 316 g/mol. The number of thioether (sulfide) groups is 1. The van der Waals surface area contributed by atoms with Gasteiger partial charge in [-0.1, -0.05) is 17.7 Å². The van der Waals surface area contributed by atoms with Gasteiger partial charge in [0.05, 0.1) is 5.02 Å². The van der Waals surface area contributed by atoms with Crippen LogP contribution in [0.1, 0.15) is 18.4 Å². The molecule has 0 radical (unpaired) electrons. The van der Waals surface area contributed by atoms with E-state index in [2.05, 4.69) is 10.0 Å². The number of hydrogen-bond acceptors (Lipinski definition) is 4. The van der Waals surface area contributed by atoms with Crippen LogP contribution in [-0.2, 0) is 16.6 Å². The molecule has 2 N–H and O–H groups in total. The molecule has 112 valence electrons. The van der Waals surface area contributed by atoms with E-state index in [0.717, 1.165) is 29.9 Å². The van der Waals surface area contributed by atoms with Crippen molar-refractivity contribution in [3.63, 3.8) is 0 Å². The molecule has 1 saturated heterocycles. The van der Waals surface area contributed by atoms with Gasteiger partial charge in [0.25, 0.3) is 0 Å². The smallest absolute Gasteiger partial charge is 0.242 e. The lowest BCUT2D eigenvalue weighted by molar-refractivity contribution is 0.529. The lowest BCUT2D eigenvalue weighted by Crippen LogP contribution is -2.37. The highest BCUT2D eigenvalue weighted by Crippen LogP contribution is 2.25. The first kappa shape index (κ1) is 16.1. The lowest BCUT2D eigenvalue weighted by atomic mass is 10.2. The fraction of sp³-hybridized carbons (Fsp3) is 0.538. The first-order chi connectivity index (χ1) is 9.53. The molecule has 0 spiro atoms. The molecule has 4 nitrogen and oxygen atoms in total. The zero-order valence-corrected chi connectivity index (χ0v) is 13.7. The number of nitrogens with one attached hydrogen (secondary N) is 2. The van der Waals surface area contributed by atoms with Gasteiger partial charge in [0.1, 0.15) is 4.90 Å². The number of halogens is 1. The van der Waals surface area contributed by atoms with Crippen LogP contribution in [0, 0.1) is 0 Å². The average Bonchev–Trinajstić information content (AvgIpc) is 2.42. The van der Waals surface area contributed by atoms with Crippen LogP contribution in [0.15, 0.2) is 23.1 Å². The molecule has 0 atom stereocenters. The highest BCUT2D eigenvalue weighted by molar-refractivity contribution is 7.99. The number of benzene rings is 1. The summed E-state index contributed by atoms with van der Waals surface area (Å²) < 4.78 is 27.7. The Morgan fingerprint density at radius 1 is 1.35 bits per heavy atom. The van der Waals surface area contributed by atoms with Gasteiger partial charge >= 0.3 is 0 Å². The van der Waals surface area contributed by atoms with Crippen LogP contribution < -0.4 is 10.0 Å². The summed E-state index contributed by atoms with van der Waals surface area (Å²) in [6.07, 6.45) is 1.75. The van der Waals surface area contributed by atoms with Crippen LogP contribution >= 0.6 is 23.4 Å². The summed E-state index contributed by atoms with van der Waals surface area (Å²) in [6, 6.07) is 5.12. The SMILES string of the molecule is CNCc1ccc(Cl)c(S(=O)(=O)NC2CCSCC2)c1. The van der Waals surface area contributed by atoms with Crippen LogP contribution in [0.3, 0.4) is 0 Å². The first-order valence-electron chi connectivity index (χ1n) is 6.56. The van der Waals surface area contributed by atoms with E-state index >= 15 is 0 Å². The normalized spacial score (nSPS) is 17.3. The maximum Gasteiger partial charge on any atom is 0.242 e. The maximum atomic E-state index is 12.5. The summed E-state index contributed by atoms with van der Waals surface area (Å²) >= 11 is 7.92. The largest absolute Gasteiger partial charge is 0.316 e. The molecule has 1 aliphatic heterocycles. The van der Waals surface area contributed by atoms with Crippen molar-refractivity contribution in [1.29, 1.82) is 0 Å². The van der Waals surface area contributed by atoms with Crippen LogP contribution in [0.25, 0.3) is 0 Å². The van der Waals surface area contributed by atoms with E-state index in [1.54, 1.807) is 12.1 Å². The molecular formula is C13H19ClN2O2S2. The number of rotatable bonds is 5. The molecule has 1 heterocycles. The van der Waals surface area contributed by atoms with Gasteiger partial charge in [-0.25, -0.2) is 13.1 Å². The Kier molecular flexibility index (Phi) is 5.74. The molecule has 1 aliphatic rings. The van der Waals surface area contributed by atoms with Gasteiger partial charge in [0, 0.05) is 12.6 Å². The van der Waals surface area contributed by atoms with Crippen molar-refractivity contribution in [2.24, 2.45) is 0 Å². The lowest BCUT2D eigenvalue weighted by Gasteiger charge is -2.22. The number of hydrogen-bond donors (Lipinski definition) is 2. The van der Waals surface area contributed by atoms with E-state index in [4.69, 9.17) is 11.6 Å². The van der Waals surface area contributed by atoms with Gasteiger partial charge < -0.3 is 5.32 Å². The first-order valence-corrected chi connectivity index (χ1v) is 9.57. The summed E-state index contributed by atoms with van der Waals surface area (Å²) in [7, 11) is -1.73. The minimum atomic E-state index is -3.55. The second-order valence-corrected chi connectivity index (χ2v) is 8.12. The zero-order valence-electron chi connectivity index (χ0n) is 11.4. The van der Waals surface area contributed by atoms with Crippen LogP contribution in [0.4, 0.5) is 0 Å². The highest BCUT2D eigenvalue weighted by Gasteiger charge is 2.24. The van der Waals surface area contributed by atoms with E-state index in [1.807, 2.05) is 24.9 Å². The molecule has 0 amide bonds. The second-order valence-electron chi connectivity index (χ2n) is 4.80. The number of sulfonamides is 1. The zero-order chi connectivity index (χ0) is 14.6. The Labute approximate surface area is 129 Å². The molecule has 7 heteroatoms. The van der Waals surface area contributed by atoms with Gasteiger partial charge in [-0.15, -0.1) is 0 Å². The monoisotopic (exact) mass is 334 g/mol. The summed E-state index contributed by atoms with van der Waals surface area (Å²) in [6.45, 7) is 0.611. The summed E-state index contributed by atoms with van der Waals surface area (Å²) in [5.74, 6) is 2.00. The van der Waals surface area contributed by atoms with Crippen molar-refractivity contribution >= 4 is 33.4 Å². The van der Waals surface area contributed by atoms with Crippen molar-refractivity contribution in [3.05, 3.63) is 28.8 Å². The van der Waals surface area contributed by atoms with E-state index in [0.29, 0.717) is 6.54 Å². The van der Waals surface area contributed by atoms with E-state index < -0.39 is 10.0 Å². The topological polar surface area (TPSA) is 58.2 Å². The minimum absolute atomic E-state index is 0.0188. The highest BCUT2D eigenvalue weighted by atomic mass is 35.5. The van der Waals surface area contributed by atoms with Crippen LogP contribution in [0.2, 0.25) is 5.02 Å². The quantitative estimate of drug-likeness (QED) is 0.867. The molecule has 0 saturated carbocycles. The van der Waals surface area contributed by atoms with Gasteiger partial charge in [0.15, 0.2) is 0 Å². The molecule has 2 rings (SSSR count). The molecule has 1 aromatic carbocycles. The molecule has 0 aliphatic carbocycles. The molecule has 1 aromatic rings. The second kappa shape index (κ2) is 7.13. The van der Waals surface area contributed by atoms with Gasteiger partial charge in [-0.05, 0) is 49.1 Å². The van der Waals surface area contributed by atoms with E-state index in [-0.39, 0.29) is 16.0 Å². The standard InChI is InChI=1S/C13H19ClN2O2S2/c1-15-9-10-2-3-12(14)13(8-10)20(17,18)16-11-4-6-19-7-5-11/h2-3,8,11,15-16H,4-7,9H2,1H3.